The van der Waals surface area contributed by atoms with Gasteiger partial charge in [-0.05, 0) is 51.4 Å². The molecule has 0 radical (unpaired) electrons. The lowest BCUT2D eigenvalue weighted by molar-refractivity contribution is -0.137. The predicted molar refractivity (Wildman–Crippen MR) is 135 cm³/mol. The van der Waals surface area contributed by atoms with Gasteiger partial charge in [0, 0.05) is 43.9 Å². The Kier molecular flexibility index (Phi) is 7.81. The van der Waals surface area contributed by atoms with E-state index < -0.39 is 11.7 Å². The first kappa shape index (κ1) is 25.0. The highest BCUT2D eigenvalue weighted by molar-refractivity contribution is 9.10. The number of hydrogen-bond acceptors (Lipinski definition) is 3. The molecule has 5 nitrogen and oxygen atoms in total. The summed E-state index contributed by atoms with van der Waals surface area (Å²) in [6.45, 7) is 3.72. The van der Waals surface area contributed by atoms with E-state index in [1.807, 2.05) is 35.4 Å². The lowest BCUT2D eigenvalue weighted by Gasteiger charge is -2.36. The fourth-order valence-electron chi connectivity index (χ4n) is 3.76. The summed E-state index contributed by atoms with van der Waals surface area (Å²) in [5.41, 5.74) is 0.996. The first-order chi connectivity index (χ1) is 16.2. The molecule has 1 saturated heterocycles. The van der Waals surface area contributed by atoms with E-state index in [0.29, 0.717) is 60.8 Å². The van der Waals surface area contributed by atoms with Crippen LogP contribution in [0.2, 0.25) is 5.02 Å². The minimum absolute atomic E-state index is 0.468. The molecule has 2 aromatic carbocycles. The van der Waals surface area contributed by atoms with Crippen LogP contribution in [-0.2, 0) is 19.3 Å². The molecular formula is C23H22BrClF3N5S. The second-order valence-corrected chi connectivity index (χ2v) is 9.65. The molecule has 4 rings (SSSR count). The second kappa shape index (κ2) is 10.6. The molecule has 0 aliphatic carbocycles. The van der Waals surface area contributed by atoms with Crippen molar-refractivity contribution in [2.45, 2.75) is 19.3 Å². The standard InChI is InChI=1S/C23H22BrClF3N5S/c24-19-15-33(14-17-5-1-2-7-20(17)25)30-21(19)29-22(34)32-10-8-31(9-11-32)13-16-4-3-6-18(12-16)23(26,27)28/h1-7,12,15H,8-11,13-14H2,(H,29,30,34). The van der Waals surface area contributed by atoms with Crippen LogP contribution in [0.25, 0.3) is 0 Å². The zero-order chi connectivity index (χ0) is 24.3. The molecular weight excluding hydrogens is 551 g/mol. The Hall–Kier alpha value is -2.14. The summed E-state index contributed by atoms with van der Waals surface area (Å²) in [5, 5.41) is 9.00. The van der Waals surface area contributed by atoms with E-state index in [2.05, 4.69) is 31.2 Å². The van der Waals surface area contributed by atoms with Crippen molar-refractivity contribution < 1.29 is 13.2 Å². The summed E-state index contributed by atoms with van der Waals surface area (Å²) >= 11 is 15.4. The molecule has 1 aromatic heterocycles. The quantitative estimate of drug-likeness (QED) is 0.387. The zero-order valence-electron chi connectivity index (χ0n) is 18.0. The Morgan fingerprint density at radius 2 is 1.79 bits per heavy atom. The molecule has 34 heavy (non-hydrogen) atoms. The van der Waals surface area contributed by atoms with Crippen molar-refractivity contribution >= 4 is 50.7 Å². The van der Waals surface area contributed by atoms with Crippen LogP contribution < -0.4 is 5.32 Å². The fourth-order valence-corrected chi connectivity index (χ4v) is 4.65. The van der Waals surface area contributed by atoms with Gasteiger partial charge in [0.25, 0.3) is 0 Å². The molecule has 0 spiro atoms. The highest BCUT2D eigenvalue weighted by Gasteiger charge is 2.30. The van der Waals surface area contributed by atoms with E-state index in [1.165, 1.54) is 12.1 Å². The normalized spacial score (nSPS) is 14.9. The molecule has 1 aliphatic rings. The molecule has 0 amide bonds. The Morgan fingerprint density at radius 1 is 1.06 bits per heavy atom. The topological polar surface area (TPSA) is 36.3 Å². The van der Waals surface area contributed by atoms with Crippen LogP contribution in [0.4, 0.5) is 19.0 Å². The van der Waals surface area contributed by atoms with Crippen molar-refractivity contribution in [1.82, 2.24) is 19.6 Å². The number of halogens is 5. The molecule has 3 aromatic rings. The van der Waals surface area contributed by atoms with Gasteiger partial charge in [-0.25, -0.2) is 0 Å². The van der Waals surface area contributed by atoms with Crippen LogP contribution in [0.15, 0.2) is 59.2 Å². The van der Waals surface area contributed by atoms with Gasteiger partial charge in [-0.1, -0.05) is 48.0 Å². The van der Waals surface area contributed by atoms with Crippen LogP contribution >= 0.6 is 39.7 Å². The number of anilines is 1. The van der Waals surface area contributed by atoms with Crippen LogP contribution in [-0.4, -0.2) is 50.9 Å². The molecule has 1 fully saturated rings. The summed E-state index contributed by atoms with van der Waals surface area (Å²) in [7, 11) is 0. The van der Waals surface area contributed by atoms with Crippen molar-refractivity contribution in [2.24, 2.45) is 0 Å². The number of nitrogens with one attached hydrogen (secondary N) is 1. The first-order valence-electron chi connectivity index (χ1n) is 10.6. The molecule has 0 unspecified atom stereocenters. The summed E-state index contributed by atoms with van der Waals surface area (Å²) in [6, 6.07) is 13.1. The van der Waals surface area contributed by atoms with Crippen LogP contribution in [0, 0.1) is 0 Å². The van der Waals surface area contributed by atoms with Crippen molar-refractivity contribution in [2.75, 3.05) is 31.5 Å². The Balaban J connectivity index is 1.30. The van der Waals surface area contributed by atoms with Crippen molar-refractivity contribution in [1.29, 1.82) is 0 Å². The lowest BCUT2D eigenvalue weighted by atomic mass is 10.1. The molecule has 0 atom stereocenters. The van der Waals surface area contributed by atoms with Crippen molar-refractivity contribution in [3.8, 4) is 0 Å². The number of piperazine rings is 1. The molecule has 11 heteroatoms. The Labute approximate surface area is 214 Å². The third kappa shape index (κ3) is 6.29. The van der Waals surface area contributed by atoms with Gasteiger partial charge in [-0.2, -0.15) is 18.3 Å². The maximum Gasteiger partial charge on any atom is 0.416 e. The largest absolute Gasteiger partial charge is 0.416 e. The third-order valence-electron chi connectivity index (χ3n) is 5.55. The summed E-state index contributed by atoms with van der Waals surface area (Å²) in [5.74, 6) is 0.614. The van der Waals surface area contributed by atoms with Gasteiger partial charge in [-0.3, -0.25) is 9.58 Å². The maximum atomic E-state index is 13.0. The summed E-state index contributed by atoms with van der Waals surface area (Å²) in [6.07, 6.45) is -2.47. The summed E-state index contributed by atoms with van der Waals surface area (Å²) in [4.78, 5) is 4.17. The predicted octanol–water partition coefficient (Wildman–Crippen LogP) is 5.88. The number of thiocarbonyl (C=S) groups is 1. The zero-order valence-corrected chi connectivity index (χ0v) is 21.2. The van der Waals surface area contributed by atoms with Crippen molar-refractivity contribution in [3.05, 3.63) is 80.9 Å². The molecule has 0 saturated carbocycles. The minimum atomic E-state index is -4.33. The third-order valence-corrected chi connectivity index (χ3v) is 6.86. The first-order valence-corrected chi connectivity index (χ1v) is 12.2. The van der Waals surface area contributed by atoms with Crippen molar-refractivity contribution in [3.63, 3.8) is 0 Å². The lowest BCUT2D eigenvalue weighted by Crippen LogP contribution is -2.49. The van der Waals surface area contributed by atoms with E-state index in [9.17, 15) is 13.2 Å². The van der Waals surface area contributed by atoms with E-state index in [1.54, 1.807) is 10.7 Å². The smallest absolute Gasteiger partial charge is 0.346 e. The van der Waals surface area contributed by atoms with Gasteiger partial charge in [-0.15, -0.1) is 0 Å². The maximum absolute atomic E-state index is 13.0. The number of alkyl halides is 3. The second-order valence-electron chi connectivity index (χ2n) is 8.01. The van der Waals surface area contributed by atoms with Gasteiger partial charge in [0.1, 0.15) is 0 Å². The molecule has 1 N–H and O–H groups in total. The van der Waals surface area contributed by atoms with Gasteiger partial charge in [0.05, 0.1) is 16.6 Å². The number of hydrogen-bond donors (Lipinski definition) is 1. The Bertz CT molecular complexity index is 1160. The fraction of sp³-hybridized carbons (Fsp3) is 0.304. The van der Waals surface area contributed by atoms with E-state index >= 15 is 0 Å². The highest BCUT2D eigenvalue weighted by Crippen LogP contribution is 2.30. The average Bonchev–Trinajstić information content (AvgIpc) is 3.14. The molecule has 2 heterocycles. The SMILES string of the molecule is FC(F)(F)c1cccc(CN2CCN(C(=S)Nc3nn(Cc4ccccc4Cl)cc3Br)CC2)c1. The molecule has 0 bridgehead atoms. The van der Waals surface area contributed by atoms with Gasteiger partial charge in [0.2, 0.25) is 0 Å². The monoisotopic (exact) mass is 571 g/mol. The number of nitrogens with zero attached hydrogens (tertiary/aromatic N) is 4. The Morgan fingerprint density at radius 3 is 2.50 bits per heavy atom. The van der Waals surface area contributed by atoms with Crippen LogP contribution in [0.1, 0.15) is 16.7 Å². The van der Waals surface area contributed by atoms with E-state index in [4.69, 9.17) is 23.8 Å². The summed E-state index contributed by atoms with van der Waals surface area (Å²) < 4.78 is 41.5. The minimum Gasteiger partial charge on any atom is -0.346 e. The number of rotatable bonds is 5. The highest BCUT2D eigenvalue weighted by atomic mass is 79.9. The molecule has 1 aliphatic heterocycles. The molecule has 180 valence electrons. The van der Waals surface area contributed by atoms with E-state index in [-0.39, 0.29) is 0 Å². The van der Waals surface area contributed by atoms with Crippen LogP contribution in [0.5, 0.6) is 0 Å². The van der Waals surface area contributed by atoms with Gasteiger partial charge in [0.15, 0.2) is 10.9 Å². The van der Waals surface area contributed by atoms with Gasteiger partial charge < -0.3 is 10.2 Å². The van der Waals surface area contributed by atoms with E-state index in [0.717, 1.165) is 16.1 Å². The number of aromatic nitrogens is 2. The number of benzene rings is 2. The average molecular weight is 573 g/mol. The van der Waals surface area contributed by atoms with Gasteiger partial charge >= 0.3 is 6.18 Å². The van der Waals surface area contributed by atoms with Crippen LogP contribution in [0.3, 0.4) is 0 Å².